The number of amides is 2. The molecule has 4 rings (SSSR count). The minimum Gasteiger partial charge on any atom is -0.381 e. The standard InChI is InChI=1S/C27H36N6O3/c1-5-33-26-21(17-29-33)25(30-20-11-13-36-14-12-20)22(16-28-26)27(35)31-23(9-10-24(34)32(3)4)19-8-6-7-18(2)15-19/h6-8,15-17,20,23H,5,9-14H2,1-4H3,(H,28,30)(H,31,35). The predicted octanol–water partition coefficient (Wildman–Crippen LogP) is 3.69. The van der Waals surface area contributed by atoms with Gasteiger partial charge in [0.1, 0.15) is 0 Å². The Labute approximate surface area is 212 Å². The zero-order valence-electron chi connectivity index (χ0n) is 21.6. The molecule has 1 unspecified atom stereocenters. The number of nitrogens with zero attached hydrogens (tertiary/aromatic N) is 4. The van der Waals surface area contributed by atoms with Gasteiger partial charge in [0, 0.05) is 52.5 Å². The molecule has 2 aromatic heterocycles. The number of hydrogen-bond donors (Lipinski definition) is 2. The predicted molar refractivity (Wildman–Crippen MR) is 140 cm³/mol. The molecule has 2 N–H and O–H groups in total. The lowest BCUT2D eigenvalue weighted by molar-refractivity contribution is -0.128. The Morgan fingerprint density at radius 1 is 1.22 bits per heavy atom. The van der Waals surface area contributed by atoms with E-state index >= 15 is 0 Å². The lowest BCUT2D eigenvalue weighted by Gasteiger charge is -2.26. The molecular weight excluding hydrogens is 456 g/mol. The topological polar surface area (TPSA) is 101 Å². The summed E-state index contributed by atoms with van der Waals surface area (Å²) in [4.78, 5) is 32.2. The van der Waals surface area contributed by atoms with Gasteiger partial charge in [0.25, 0.3) is 5.91 Å². The SMILES string of the molecule is CCn1ncc2c(NC3CCOCC3)c(C(=O)NC(CCC(=O)N(C)C)c3cccc(C)c3)cnc21. The fourth-order valence-corrected chi connectivity index (χ4v) is 4.57. The zero-order chi connectivity index (χ0) is 25.7. The van der Waals surface area contributed by atoms with Gasteiger partial charge < -0.3 is 20.3 Å². The molecule has 1 atom stereocenters. The highest BCUT2D eigenvalue weighted by Crippen LogP contribution is 2.29. The van der Waals surface area contributed by atoms with Gasteiger partial charge in [-0.25, -0.2) is 9.67 Å². The van der Waals surface area contributed by atoms with E-state index in [1.165, 1.54) is 0 Å². The van der Waals surface area contributed by atoms with Crippen molar-refractivity contribution in [2.24, 2.45) is 0 Å². The summed E-state index contributed by atoms with van der Waals surface area (Å²) < 4.78 is 7.35. The first-order valence-electron chi connectivity index (χ1n) is 12.6. The number of rotatable bonds is 9. The largest absolute Gasteiger partial charge is 0.381 e. The van der Waals surface area contributed by atoms with Crippen LogP contribution >= 0.6 is 0 Å². The van der Waals surface area contributed by atoms with Gasteiger partial charge in [-0.1, -0.05) is 29.8 Å². The zero-order valence-corrected chi connectivity index (χ0v) is 21.6. The molecule has 9 nitrogen and oxygen atoms in total. The average Bonchev–Trinajstić information content (AvgIpc) is 3.30. The lowest BCUT2D eigenvalue weighted by Crippen LogP contribution is -2.33. The number of carbonyl (C=O) groups is 2. The average molecular weight is 493 g/mol. The summed E-state index contributed by atoms with van der Waals surface area (Å²) in [5, 5.41) is 12.1. The van der Waals surface area contributed by atoms with Crippen LogP contribution in [0.25, 0.3) is 11.0 Å². The smallest absolute Gasteiger partial charge is 0.255 e. The fourth-order valence-electron chi connectivity index (χ4n) is 4.57. The summed E-state index contributed by atoms with van der Waals surface area (Å²) in [6.07, 6.45) is 5.97. The molecule has 1 aliphatic rings. The second-order valence-electron chi connectivity index (χ2n) is 9.54. The molecule has 2 amide bonds. The minimum atomic E-state index is -0.314. The lowest BCUT2D eigenvalue weighted by atomic mass is 9.99. The van der Waals surface area contributed by atoms with Crippen LogP contribution in [-0.2, 0) is 16.1 Å². The molecule has 3 heterocycles. The molecular formula is C27H36N6O3. The Bertz CT molecular complexity index is 1220. The summed E-state index contributed by atoms with van der Waals surface area (Å²) in [6.45, 7) is 6.11. The second kappa shape index (κ2) is 11.5. The molecule has 3 aromatic rings. The van der Waals surface area contributed by atoms with Crippen molar-refractivity contribution in [3.63, 3.8) is 0 Å². The highest BCUT2D eigenvalue weighted by Gasteiger charge is 2.24. The van der Waals surface area contributed by atoms with Crippen LogP contribution in [0.5, 0.6) is 0 Å². The van der Waals surface area contributed by atoms with Crippen molar-refractivity contribution in [3.8, 4) is 0 Å². The van der Waals surface area contributed by atoms with E-state index in [1.807, 2.05) is 36.7 Å². The second-order valence-corrected chi connectivity index (χ2v) is 9.54. The maximum absolute atomic E-state index is 13.7. The number of nitrogens with one attached hydrogen (secondary N) is 2. The van der Waals surface area contributed by atoms with Gasteiger partial charge in [-0.3, -0.25) is 9.59 Å². The molecule has 36 heavy (non-hydrogen) atoms. The molecule has 192 valence electrons. The summed E-state index contributed by atoms with van der Waals surface area (Å²) in [7, 11) is 3.49. The van der Waals surface area contributed by atoms with Gasteiger partial charge in [0.15, 0.2) is 5.65 Å². The van der Waals surface area contributed by atoms with Crippen molar-refractivity contribution >= 4 is 28.5 Å². The highest BCUT2D eigenvalue weighted by molar-refractivity contribution is 6.06. The Morgan fingerprint density at radius 3 is 2.69 bits per heavy atom. The molecule has 0 aliphatic carbocycles. The summed E-state index contributed by atoms with van der Waals surface area (Å²) in [6, 6.07) is 7.93. The van der Waals surface area contributed by atoms with Crippen LogP contribution < -0.4 is 10.6 Å². The first kappa shape index (κ1) is 25.6. The first-order chi connectivity index (χ1) is 17.4. The number of fused-ring (bicyclic) bond motifs is 1. The molecule has 0 saturated carbocycles. The molecule has 1 saturated heterocycles. The number of aromatic nitrogens is 3. The summed E-state index contributed by atoms with van der Waals surface area (Å²) in [5.74, 6) is -0.203. The van der Waals surface area contributed by atoms with Gasteiger partial charge in [-0.15, -0.1) is 0 Å². The van der Waals surface area contributed by atoms with Gasteiger partial charge in [0.2, 0.25) is 5.91 Å². The summed E-state index contributed by atoms with van der Waals surface area (Å²) >= 11 is 0. The van der Waals surface area contributed by atoms with E-state index < -0.39 is 0 Å². The van der Waals surface area contributed by atoms with Crippen LogP contribution in [0, 0.1) is 6.92 Å². The third-order valence-electron chi connectivity index (χ3n) is 6.68. The number of anilines is 1. The van der Waals surface area contributed by atoms with E-state index in [2.05, 4.69) is 26.8 Å². The number of benzene rings is 1. The minimum absolute atomic E-state index is 0.0267. The molecule has 0 spiro atoms. The molecule has 9 heteroatoms. The Balaban J connectivity index is 1.66. The van der Waals surface area contributed by atoms with Crippen molar-refractivity contribution in [3.05, 3.63) is 53.3 Å². The number of ether oxygens (including phenoxy) is 1. The number of carbonyl (C=O) groups excluding carboxylic acids is 2. The van der Waals surface area contributed by atoms with Gasteiger partial charge in [0.05, 0.1) is 28.9 Å². The molecule has 1 fully saturated rings. The monoisotopic (exact) mass is 492 g/mol. The van der Waals surface area contributed by atoms with Crippen molar-refractivity contribution in [2.75, 3.05) is 32.6 Å². The van der Waals surface area contributed by atoms with Gasteiger partial charge >= 0.3 is 0 Å². The molecule has 0 radical (unpaired) electrons. The van der Waals surface area contributed by atoms with Crippen molar-refractivity contribution in [1.82, 2.24) is 25.0 Å². The van der Waals surface area contributed by atoms with E-state index in [-0.39, 0.29) is 23.9 Å². The number of aryl methyl sites for hydroxylation is 2. The van der Waals surface area contributed by atoms with E-state index in [0.717, 1.165) is 40.7 Å². The van der Waals surface area contributed by atoms with Crippen molar-refractivity contribution < 1.29 is 14.3 Å². The van der Waals surface area contributed by atoms with Crippen LogP contribution in [0.4, 0.5) is 5.69 Å². The Hall–Kier alpha value is -3.46. The first-order valence-corrected chi connectivity index (χ1v) is 12.6. The third kappa shape index (κ3) is 5.84. The Kier molecular flexibility index (Phi) is 8.20. The quantitative estimate of drug-likeness (QED) is 0.472. The van der Waals surface area contributed by atoms with E-state index in [9.17, 15) is 9.59 Å². The number of pyridine rings is 1. The molecule has 1 aliphatic heterocycles. The summed E-state index contributed by atoms with van der Waals surface area (Å²) in [5.41, 5.74) is 4.04. The normalized spacial score (nSPS) is 15.0. The number of hydrogen-bond acceptors (Lipinski definition) is 6. The van der Waals surface area contributed by atoms with Crippen LogP contribution in [0.3, 0.4) is 0 Å². The highest BCUT2D eigenvalue weighted by atomic mass is 16.5. The van der Waals surface area contributed by atoms with Crippen LogP contribution in [0.2, 0.25) is 0 Å². The maximum Gasteiger partial charge on any atom is 0.255 e. The van der Waals surface area contributed by atoms with Gasteiger partial charge in [-0.2, -0.15) is 5.10 Å². The van der Waals surface area contributed by atoms with Crippen molar-refractivity contribution in [1.29, 1.82) is 0 Å². The third-order valence-corrected chi connectivity index (χ3v) is 6.68. The van der Waals surface area contributed by atoms with Gasteiger partial charge in [-0.05, 0) is 38.7 Å². The van der Waals surface area contributed by atoms with Crippen LogP contribution in [0.15, 0.2) is 36.7 Å². The van der Waals surface area contributed by atoms with E-state index in [0.29, 0.717) is 38.2 Å². The van der Waals surface area contributed by atoms with E-state index in [1.54, 1.807) is 31.4 Å². The Morgan fingerprint density at radius 2 is 2.00 bits per heavy atom. The fraction of sp³-hybridized carbons (Fsp3) is 0.481. The van der Waals surface area contributed by atoms with Crippen molar-refractivity contribution in [2.45, 2.75) is 58.2 Å². The van der Waals surface area contributed by atoms with Crippen LogP contribution in [-0.4, -0.2) is 64.8 Å². The van der Waals surface area contributed by atoms with E-state index in [4.69, 9.17) is 4.74 Å². The maximum atomic E-state index is 13.7. The molecule has 1 aromatic carbocycles. The van der Waals surface area contributed by atoms with Crippen LogP contribution in [0.1, 0.15) is 60.1 Å². The molecule has 0 bridgehead atoms.